The molecule has 0 radical (unpaired) electrons. The predicted octanol–water partition coefficient (Wildman–Crippen LogP) is 25.0. The maximum absolute atomic E-state index is 13.0. The quantitative estimate of drug-likeness (QED) is 0.0261. The molecule has 0 aliphatic carbocycles. The van der Waals surface area contributed by atoms with Crippen LogP contribution in [0.2, 0.25) is 0 Å². The molecule has 0 aliphatic heterocycles. The third-order valence-corrected chi connectivity index (χ3v) is 15.9. The molecule has 0 heterocycles. The van der Waals surface area contributed by atoms with Crippen LogP contribution >= 0.6 is 0 Å². The number of ether oxygens (including phenoxy) is 3. The Morgan fingerprint density at radius 3 is 0.747 bits per heavy atom. The van der Waals surface area contributed by atoms with Crippen molar-refractivity contribution in [2.24, 2.45) is 0 Å². The second-order valence-corrected chi connectivity index (χ2v) is 24.1. The first-order chi connectivity index (χ1) is 41.0. The Morgan fingerprint density at radius 2 is 0.470 bits per heavy atom. The zero-order chi connectivity index (χ0) is 59.9. The highest BCUT2D eigenvalue weighted by molar-refractivity contribution is 5.71. The van der Waals surface area contributed by atoms with Gasteiger partial charge in [0.25, 0.3) is 0 Å². The Labute approximate surface area is 515 Å². The van der Waals surface area contributed by atoms with Crippen LogP contribution < -0.4 is 0 Å². The van der Waals surface area contributed by atoms with Gasteiger partial charge >= 0.3 is 17.9 Å². The number of allylic oxidation sites excluding steroid dienone is 14. The highest BCUT2D eigenvalue weighted by Gasteiger charge is 2.19. The van der Waals surface area contributed by atoms with Gasteiger partial charge in [0, 0.05) is 19.3 Å². The predicted molar refractivity (Wildman–Crippen MR) is 362 cm³/mol. The number of unbranched alkanes of at least 4 members (excludes halogenated alkanes) is 41. The molecule has 480 valence electrons. The molecule has 0 aromatic heterocycles. The van der Waals surface area contributed by atoms with Crippen LogP contribution in [0, 0.1) is 0 Å². The fraction of sp³-hybridized carbons (Fsp3) is 0.779. The third kappa shape index (κ3) is 69.3. The standard InChI is InChI=1S/C77H136O6/c1-4-7-10-13-16-19-22-25-28-31-33-35-36-37-38-39-40-42-43-46-49-52-55-58-61-64-67-70-76(79)82-73-74(72-81-75(78)69-66-63-60-57-54-51-48-45-30-27-24-21-18-15-12-9-6-3)83-77(80)71-68-65-62-59-56-53-50-47-44-41-34-32-29-26-23-20-17-14-11-8-5-2/h8,11,17,20,26-27,29-31,33-34,41,47,50,74H,4-7,9-10,12-16,18-19,21-25,28,32,35-40,42-46,48-49,51-73H2,1-3H3/b11-8-,20-17-,29-26-,30-27-,33-31-,41-34-,50-47-. The van der Waals surface area contributed by atoms with Gasteiger partial charge in [0.05, 0.1) is 0 Å². The van der Waals surface area contributed by atoms with E-state index in [9.17, 15) is 14.4 Å². The van der Waals surface area contributed by atoms with Crippen molar-refractivity contribution in [3.8, 4) is 0 Å². The molecule has 1 atom stereocenters. The molecule has 0 fully saturated rings. The van der Waals surface area contributed by atoms with Crippen LogP contribution in [0.5, 0.6) is 0 Å². The lowest BCUT2D eigenvalue weighted by Crippen LogP contribution is -2.30. The monoisotopic (exact) mass is 1160 g/mol. The molecule has 0 saturated heterocycles. The van der Waals surface area contributed by atoms with Gasteiger partial charge < -0.3 is 14.2 Å². The van der Waals surface area contributed by atoms with Crippen molar-refractivity contribution in [3.05, 3.63) is 85.1 Å². The van der Waals surface area contributed by atoms with Gasteiger partial charge in [-0.3, -0.25) is 14.4 Å². The van der Waals surface area contributed by atoms with Crippen molar-refractivity contribution in [2.75, 3.05) is 13.2 Å². The number of carbonyl (C=O) groups excluding carboxylic acids is 3. The van der Waals surface area contributed by atoms with Crippen LogP contribution in [0.1, 0.15) is 367 Å². The SMILES string of the molecule is CC/C=C\C/C=C\C/C=C\C/C=C\C/C=C\CCCCCCCC(=O)OC(COC(=O)CCCCCCCCC/C=C\CCCCCCCC)COC(=O)CCCCCCCCCCCCCCCCC/C=C\CCCCCCCCCC. The minimum Gasteiger partial charge on any atom is -0.462 e. The van der Waals surface area contributed by atoms with Crippen molar-refractivity contribution < 1.29 is 28.6 Å². The zero-order valence-corrected chi connectivity index (χ0v) is 55.2. The molecule has 0 aromatic carbocycles. The van der Waals surface area contributed by atoms with Crippen molar-refractivity contribution in [1.29, 1.82) is 0 Å². The van der Waals surface area contributed by atoms with E-state index >= 15 is 0 Å². The van der Waals surface area contributed by atoms with E-state index in [0.29, 0.717) is 19.3 Å². The summed E-state index contributed by atoms with van der Waals surface area (Å²) >= 11 is 0. The smallest absolute Gasteiger partial charge is 0.306 e. The van der Waals surface area contributed by atoms with Gasteiger partial charge in [-0.15, -0.1) is 0 Å². The average Bonchev–Trinajstić information content (AvgIpc) is 3.50. The van der Waals surface area contributed by atoms with Gasteiger partial charge in [0.15, 0.2) is 6.10 Å². The van der Waals surface area contributed by atoms with Gasteiger partial charge in [-0.25, -0.2) is 0 Å². The van der Waals surface area contributed by atoms with Gasteiger partial charge in [0.2, 0.25) is 0 Å². The first-order valence-corrected chi connectivity index (χ1v) is 36.1. The average molecular weight is 1160 g/mol. The van der Waals surface area contributed by atoms with Crippen LogP contribution in [0.15, 0.2) is 85.1 Å². The van der Waals surface area contributed by atoms with Crippen LogP contribution in [-0.4, -0.2) is 37.2 Å². The molecule has 1 unspecified atom stereocenters. The summed E-state index contributed by atoms with van der Waals surface area (Å²) < 4.78 is 17.0. The number of rotatable bonds is 66. The van der Waals surface area contributed by atoms with E-state index in [1.54, 1.807) is 0 Å². The largest absolute Gasteiger partial charge is 0.462 e. The second kappa shape index (κ2) is 71.1. The molecule has 0 rings (SSSR count). The number of hydrogen-bond donors (Lipinski definition) is 0. The number of hydrogen-bond acceptors (Lipinski definition) is 6. The summed E-state index contributed by atoms with van der Waals surface area (Å²) in [7, 11) is 0. The minimum absolute atomic E-state index is 0.0834. The molecular formula is C77H136O6. The fourth-order valence-corrected chi connectivity index (χ4v) is 10.5. The zero-order valence-electron chi connectivity index (χ0n) is 55.2. The first-order valence-electron chi connectivity index (χ1n) is 36.1. The first kappa shape index (κ1) is 79.6. The van der Waals surface area contributed by atoms with E-state index in [-0.39, 0.29) is 31.1 Å². The van der Waals surface area contributed by atoms with Gasteiger partial charge in [-0.1, -0.05) is 318 Å². The van der Waals surface area contributed by atoms with Crippen molar-refractivity contribution in [1.82, 2.24) is 0 Å². The second-order valence-electron chi connectivity index (χ2n) is 24.1. The van der Waals surface area contributed by atoms with Crippen LogP contribution in [-0.2, 0) is 28.6 Å². The normalized spacial score (nSPS) is 12.6. The lowest BCUT2D eigenvalue weighted by atomic mass is 10.0. The lowest BCUT2D eigenvalue weighted by molar-refractivity contribution is -0.167. The van der Waals surface area contributed by atoms with Gasteiger partial charge in [-0.05, 0) is 116 Å². The Bertz CT molecular complexity index is 1570. The summed E-state index contributed by atoms with van der Waals surface area (Å²) in [6.45, 7) is 6.56. The van der Waals surface area contributed by atoms with Crippen molar-refractivity contribution in [2.45, 2.75) is 374 Å². The molecule has 0 spiro atoms. The maximum Gasteiger partial charge on any atom is 0.306 e. The van der Waals surface area contributed by atoms with E-state index in [1.165, 1.54) is 218 Å². The lowest BCUT2D eigenvalue weighted by Gasteiger charge is -2.18. The fourth-order valence-electron chi connectivity index (χ4n) is 10.5. The van der Waals surface area contributed by atoms with Crippen LogP contribution in [0.25, 0.3) is 0 Å². The van der Waals surface area contributed by atoms with Crippen molar-refractivity contribution in [3.63, 3.8) is 0 Å². The molecule has 0 saturated carbocycles. The molecule has 0 aromatic rings. The maximum atomic E-state index is 13.0. The van der Waals surface area contributed by atoms with E-state index in [2.05, 4.69) is 106 Å². The molecular weight excluding hydrogens is 1020 g/mol. The highest BCUT2D eigenvalue weighted by Crippen LogP contribution is 2.17. The number of carbonyl (C=O) groups is 3. The summed E-state index contributed by atoms with van der Waals surface area (Å²) in [6, 6.07) is 0. The van der Waals surface area contributed by atoms with Gasteiger partial charge in [0.1, 0.15) is 13.2 Å². The van der Waals surface area contributed by atoms with Crippen LogP contribution in [0.3, 0.4) is 0 Å². The van der Waals surface area contributed by atoms with Crippen LogP contribution in [0.4, 0.5) is 0 Å². The van der Waals surface area contributed by atoms with E-state index in [0.717, 1.165) is 109 Å². The molecule has 0 amide bonds. The summed E-state index contributed by atoms with van der Waals surface area (Å²) in [6.07, 6.45) is 94.7. The molecule has 83 heavy (non-hydrogen) atoms. The highest BCUT2D eigenvalue weighted by atomic mass is 16.6. The molecule has 6 heteroatoms. The summed E-state index contributed by atoms with van der Waals surface area (Å²) in [5.41, 5.74) is 0. The summed E-state index contributed by atoms with van der Waals surface area (Å²) in [5.74, 6) is -0.888. The Kier molecular flexibility index (Phi) is 68.2. The summed E-state index contributed by atoms with van der Waals surface area (Å²) in [5, 5.41) is 0. The topological polar surface area (TPSA) is 78.9 Å². The Balaban J connectivity index is 4.34. The minimum atomic E-state index is -0.791. The molecule has 6 nitrogen and oxygen atoms in total. The molecule has 0 N–H and O–H groups in total. The van der Waals surface area contributed by atoms with Crippen molar-refractivity contribution >= 4 is 17.9 Å². The number of esters is 3. The van der Waals surface area contributed by atoms with E-state index in [4.69, 9.17) is 14.2 Å². The third-order valence-electron chi connectivity index (χ3n) is 15.9. The Morgan fingerprint density at radius 1 is 0.253 bits per heavy atom. The van der Waals surface area contributed by atoms with E-state index < -0.39 is 6.10 Å². The van der Waals surface area contributed by atoms with Gasteiger partial charge in [-0.2, -0.15) is 0 Å². The molecule has 0 aliphatic rings. The summed E-state index contributed by atoms with van der Waals surface area (Å²) in [4.78, 5) is 38.5. The van der Waals surface area contributed by atoms with E-state index in [1.807, 2.05) is 0 Å². The molecule has 0 bridgehead atoms. The Hall–Kier alpha value is -3.41.